The number of aromatic nitrogens is 2. The molecule has 0 saturated carbocycles. The Morgan fingerprint density at radius 2 is 2.10 bits per heavy atom. The number of likely N-dealkylation sites (tertiary alicyclic amines) is 1. The summed E-state index contributed by atoms with van der Waals surface area (Å²) in [6, 6.07) is 2.28. The number of hydrogen-bond donors (Lipinski definition) is 1. The molecule has 1 aromatic heterocycles. The fourth-order valence-corrected chi connectivity index (χ4v) is 2.59. The maximum Gasteiger partial charge on any atom is 0.435 e. The average molecular weight is 302 g/mol. The van der Waals surface area contributed by atoms with E-state index in [1.54, 1.807) is 0 Å². The lowest BCUT2D eigenvalue weighted by molar-refractivity contribution is -0.141. The van der Waals surface area contributed by atoms with Gasteiger partial charge in [-0.2, -0.15) is 13.2 Å². The van der Waals surface area contributed by atoms with Crippen molar-refractivity contribution in [1.29, 1.82) is 0 Å². The lowest BCUT2D eigenvalue weighted by Gasteiger charge is -2.18. The molecular weight excluding hydrogens is 281 g/mol. The number of hydrogen-bond acceptors (Lipinski definition) is 4. The molecule has 4 nitrogen and oxygen atoms in total. The zero-order chi connectivity index (χ0) is 15.5. The lowest BCUT2D eigenvalue weighted by atomic mass is 10.1. The van der Waals surface area contributed by atoms with Crippen molar-refractivity contribution in [3.8, 4) is 0 Å². The minimum absolute atomic E-state index is 0.394. The Balaban J connectivity index is 1.79. The molecule has 1 aliphatic heterocycles. The molecule has 0 bridgehead atoms. The van der Waals surface area contributed by atoms with Crippen LogP contribution in [-0.2, 0) is 6.18 Å². The van der Waals surface area contributed by atoms with E-state index in [4.69, 9.17) is 0 Å². The fraction of sp³-hybridized carbons (Fsp3) is 0.714. The molecule has 1 aliphatic rings. The highest BCUT2D eigenvalue weighted by atomic mass is 19.4. The molecule has 2 heterocycles. The van der Waals surface area contributed by atoms with Gasteiger partial charge in [-0.3, -0.25) is 0 Å². The van der Waals surface area contributed by atoms with Crippen molar-refractivity contribution in [2.24, 2.45) is 11.8 Å². The van der Waals surface area contributed by atoms with Crippen molar-refractivity contribution in [2.75, 3.05) is 31.5 Å². The third-order valence-electron chi connectivity index (χ3n) is 3.52. The first-order valence-corrected chi connectivity index (χ1v) is 7.21. The van der Waals surface area contributed by atoms with Crippen LogP contribution in [0.25, 0.3) is 0 Å². The highest BCUT2D eigenvalue weighted by Gasteiger charge is 2.32. The Hall–Kier alpha value is -1.37. The van der Waals surface area contributed by atoms with Gasteiger partial charge in [-0.25, -0.2) is 0 Å². The molecule has 0 radical (unpaired) electrons. The van der Waals surface area contributed by atoms with E-state index in [9.17, 15) is 13.2 Å². The zero-order valence-electron chi connectivity index (χ0n) is 12.3. The SMILES string of the molecule is CC(C)CN1CCC(CNc2ccc(C(F)(F)F)nn2)C1. The van der Waals surface area contributed by atoms with Gasteiger partial charge in [0, 0.05) is 19.6 Å². The van der Waals surface area contributed by atoms with Crippen LogP contribution in [0.2, 0.25) is 0 Å². The minimum Gasteiger partial charge on any atom is -0.368 e. The van der Waals surface area contributed by atoms with Crippen molar-refractivity contribution < 1.29 is 13.2 Å². The Bertz CT molecular complexity index is 445. The van der Waals surface area contributed by atoms with E-state index in [-0.39, 0.29) is 0 Å². The molecule has 2 rings (SSSR count). The van der Waals surface area contributed by atoms with Gasteiger partial charge in [0.05, 0.1) is 0 Å². The number of anilines is 1. The highest BCUT2D eigenvalue weighted by Crippen LogP contribution is 2.27. The van der Waals surface area contributed by atoms with E-state index >= 15 is 0 Å². The van der Waals surface area contributed by atoms with Crippen LogP contribution in [0.4, 0.5) is 19.0 Å². The van der Waals surface area contributed by atoms with Crippen molar-refractivity contribution in [1.82, 2.24) is 15.1 Å². The van der Waals surface area contributed by atoms with Crippen LogP contribution in [0.15, 0.2) is 12.1 Å². The summed E-state index contributed by atoms with van der Waals surface area (Å²) < 4.78 is 37.1. The second-order valence-electron chi connectivity index (χ2n) is 5.99. The number of nitrogens with one attached hydrogen (secondary N) is 1. The van der Waals surface area contributed by atoms with Crippen LogP contribution in [0.5, 0.6) is 0 Å². The fourth-order valence-electron chi connectivity index (χ4n) is 2.59. The first-order chi connectivity index (χ1) is 9.84. The molecule has 1 unspecified atom stereocenters. The Kier molecular flexibility index (Phi) is 5.03. The van der Waals surface area contributed by atoms with E-state index in [2.05, 4.69) is 34.3 Å². The maximum absolute atomic E-state index is 12.4. The standard InChI is InChI=1S/C14H21F3N4/c1-10(2)8-21-6-5-11(9-21)7-18-13-4-3-12(19-20-13)14(15,16)17/h3-4,10-11H,5-9H2,1-2H3,(H,18,20). The van der Waals surface area contributed by atoms with Crippen LogP contribution in [-0.4, -0.2) is 41.3 Å². The number of rotatable bonds is 5. The molecule has 118 valence electrons. The van der Waals surface area contributed by atoms with Gasteiger partial charge in [-0.15, -0.1) is 10.2 Å². The summed E-state index contributed by atoms with van der Waals surface area (Å²) in [7, 11) is 0. The van der Waals surface area contributed by atoms with Crippen LogP contribution in [0.3, 0.4) is 0 Å². The van der Waals surface area contributed by atoms with Crippen LogP contribution >= 0.6 is 0 Å². The molecule has 21 heavy (non-hydrogen) atoms. The van der Waals surface area contributed by atoms with Gasteiger partial charge in [0.2, 0.25) is 0 Å². The van der Waals surface area contributed by atoms with Crippen LogP contribution in [0.1, 0.15) is 26.0 Å². The van der Waals surface area contributed by atoms with E-state index in [0.29, 0.717) is 24.2 Å². The first-order valence-electron chi connectivity index (χ1n) is 7.21. The number of nitrogens with zero attached hydrogens (tertiary/aromatic N) is 3. The second kappa shape index (κ2) is 6.60. The van der Waals surface area contributed by atoms with E-state index in [0.717, 1.165) is 32.1 Å². The molecule has 1 aromatic rings. The quantitative estimate of drug-likeness (QED) is 0.908. The topological polar surface area (TPSA) is 41.0 Å². The van der Waals surface area contributed by atoms with Gasteiger partial charge in [0.1, 0.15) is 5.82 Å². The number of halogens is 3. The lowest BCUT2D eigenvalue weighted by Crippen LogP contribution is -2.26. The van der Waals surface area contributed by atoms with Crippen LogP contribution in [0, 0.1) is 11.8 Å². The van der Waals surface area contributed by atoms with Crippen molar-refractivity contribution in [3.05, 3.63) is 17.8 Å². The molecule has 0 amide bonds. The minimum atomic E-state index is -4.44. The van der Waals surface area contributed by atoms with E-state index in [1.807, 2.05) is 0 Å². The van der Waals surface area contributed by atoms with Gasteiger partial charge in [-0.05, 0) is 36.9 Å². The molecule has 7 heteroatoms. The van der Waals surface area contributed by atoms with Gasteiger partial charge >= 0.3 is 6.18 Å². The highest BCUT2D eigenvalue weighted by molar-refractivity contribution is 5.33. The summed E-state index contributed by atoms with van der Waals surface area (Å²) in [5.41, 5.74) is -0.961. The van der Waals surface area contributed by atoms with Gasteiger partial charge in [0.25, 0.3) is 0 Å². The third-order valence-corrected chi connectivity index (χ3v) is 3.52. The van der Waals surface area contributed by atoms with Crippen LogP contribution < -0.4 is 5.32 Å². The summed E-state index contributed by atoms with van der Waals surface area (Å²) in [6.45, 7) is 8.32. The summed E-state index contributed by atoms with van der Waals surface area (Å²) in [5.74, 6) is 1.55. The molecule has 0 aromatic carbocycles. The van der Waals surface area contributed by atoms with Crippen molar-refractivity contribution in [2.45, 2.75) is 26.4 Å². The van der Waals surface area contributed by atoms with E-state index < -0.39 is 11.9 Å². The number of alkyl halides is 3. The largest absolute Gasteiger partial charge is 0.435 e. The monoisotopic (exact) mass is 302 g/mol. The summed E-state index contributed by atoms with van der Waals surface area (Å²) in [5, 5.41) is 9.85. The van der Waals surface area contributed by atoms with Crippen molar-refractivity contribution >= 4 is 5.82 Å². The first kappa shape index (κ1) is 16.0. The zero-order valence-corrected chi connectivity index (χ0v) is 12.3. The molecule has 1 fully saturated rings. The molecule has 0 spiro atoms. The maximum atomic E-state index is 12.4. The Morgan fingerprint density at radius 3 is 2.67 bits per heavy atom. The summed E-state index contributed by atoms with van der Waals surface area (Å²) >= 11 is 0. The molecular formula is C14H21F3N4. The molecule has 1 atom stereocenters. The third kappa shape index (κ3) is 4.84. The van der Waals surface area contributed by atoms with E-state index in [1.165, 1.54) is 6.07 Å². The van der Waals surface area contributed by atoms with Gasteiger partial charge in [-0.1, -0.05) is 13.8 Å². The second-order valence-corrected chi connectivity index (χ2v) is 5.99. The summed E-state index contributed by atoms with van der Waals surface area (Å²) in [6.07, 6.45) is -3.33. The molecule has 1 N–H and O–H groups in total. The Labute approximate surface area is 122 Å². The van der Waals surface area contributed by atoms with Crippen molar-refractivity contribution in [3.63, 3.8) is 0 Å². The molecule has 0 aliphatic carbocycles. The normalized spacial score (nSPS) is 20.2. The predicted molar refractivity (Wildman–Crippen MR) is 74.9 cm³/mol. The molecule has 1 saturated heterocycles. The Morgan fingerprint density at radius 1 is 1.33 bits per heavy atom. The average Bonchev–Trinajstić information content (AvgIpc) is 2.82. The smallest absolute Gasteiger partial charge is 0.368 e. The predicted octanol–water partition coefficient (Wildman–Crippen LogP) is 2.89. The van der Waals surface area contributed by atoms with Gasteiger partial charge < -0.3 is 10.2 Å². The summed E-state index contributed by atoms with van der Waals surface area (Å²) in [4.78, 5) is 2.43. The van der Waals surface area contributed by atoms with Gasteiger partial charge in [0.15, 0.2) is 5.69 Å².